The summed E-state index contributed by atoms with van der Waals surface area (Å²) < 4.78 is 2.27. The highest BCUT2D eigenvalue weighted by Gasteiger charge is 2.00. The first-order chi connectivity index (χ1) is 13.4. The summed E-state index contributed by atoms with van der Waals surface area (Å²) in [4.78, 5) is 0. The van der Waals surface area contributed by atoms with Gasteiger partial charge in [0.05, 0.1) is 0 Å². The molecule has 1 aromatic rings. The molecule has 2 heteroatoms. The number of aryl methyl sites for hydroxylation is 1. The number of aliphatic hydroxyl groups is 1. The molecule has 1 heterocycles. The van der Waals surface area contributed by atoms with Crippen LogP contribution in [0.5, 0.6) is 0 Å². The third-order valence-corrected chi connectivity index (χ3v) is 5.23. The second-order valence-electron chi connectivity index (χ2n) is 7.73. The van der Waals surface area contributed by atoms with Crippen LogP contribution >= 0.6 is 0 Å². The van der Waals surface area contributed by atoms with Gasteiger partial charge in [0.1, 0.15) is 13.2 Å². The molecule has 0 spiro atoms. The highest BCUT2D eigenvalue weighted by Crippen LogP contribution is 2.12. The van der Waals surface area contributed by atoms with Crippen molar-refractivity contribution in [3.8, 4) is 11.8 Å². The number of aromatic nitrogens is 1. The van der Waals surface area contributed by atoms with Gasteiger partial charge in [-0.3, -0.25) is 0 Å². The number of unbranched alkanes of at least 4 members (excludes halogenated alkanes) is 13. The van der Waals surface area contributed by atoms with E-state index in [4.69, 9.17) is 5.11 Å². The van der Waals surface area contributed by atoms with Gasteiger partial charge in [0.25, 0.3) is 0 Å². The first-order valence-electron chi connectivity index (χ1n) is 11.4. The van der Waals surface area contributed by atoms with E-state index < -0.39 is 0 Å². The van der Waals surface area contributed by atoms with E-state index in [9.17, 15) is 0 Å². The zero-order valence-corrected chi connectivity index (χ0v) is 17.7. The number of hydrogen-bond acceptors (Lipinski definition) is 1. The smallest absolute Gasteiger partial charge is 0.169 e. The van der Waals surface area contributed by atoms with E-state index in [1.54, 1.807) is 0 Å². The fraction of sp³-hybridized carbons (Fsp3) is 0.720. The molecule has 0 aromatic carbocycles. The molecular weight excluding hydrogens is 330 g/mol. The van der Waals surface area contributed by atoms with E-state index in [2.05, 4.69) is 47.9 Å². The summed E-state index contributed by atoms with van der Waals surface area (Å²) in [6.45, 7) is 3.35. The van der Waals surface area contributed by atoms with Crippen molar-refractivity contribution < 1.29 is 9.67 Å². The van der Waals surface area contributed by atoms with Crippen molar-refractivity contribution in [3.63, 3.8) is 0 Å². The standard InChI is InChI=1S/C25H42NO/c1-2-3-4-5-6-7-8-9-10-11-12-13-14-16-21-26-22-19-25(20-23-26)18-15-17-24-27/h19-20,22-23,27H,2-14,16,18,21,24H2,1H3/q+1. The van der Waals surface area contributed by atoms with Gasteiger partial charge in [0, 0.05) is 25.0 Å². The quantitative estimate of drug-likeness (QED) is 0.215. The van der Waals surface area contributed by atoms with Gasteiger partial charge in [-0.15, -0.1) is 0 Å². The fourth-order valence-electron chi connectivity index (χ4n) is 3.46. The maximum atomic E-state index is 8.67. The summed E-state index contributed by atoms with van der Waals surface area (Å²) in [6.07, 6.45) is 24.7. The first-order valence-corrected chi connectivity index (χ1v) is 11.4. The zero-order valence-electron chi connectivity index (χ0n) is 17.7. The van der Waals surface area contributed by atoms with Crippen molar-refractivity contribution in [2.75, 3.05) is 6.61 Å². The molecule has 0 aliphatic carbocycles. The van der Waals surface area contributed by atoms with Gasteiger partial charge >= 0.3 is 0 Å². The van der Waals surface area contributed by atoms with E-state index in [1.807, 2.05) is 0 Å². The molecule has 0 amide bonds. The molecule has 1 rings (SSSR count). The zero-order chi connectivity index (χ0) is 19.4. The molecule has 1 N–H and O–H groups in total. The highest BCUT2D eigenvalue weighted by atomic mass is 16.2. The lowest BCUT2D eigenvalue weighted by atomic mass is 10.0. The highest BCUT2D eigenvalue weighted by molar-refractivity contribution is 5.16. The lowest BCUT2D eigenvalue weighted by Gasteiger charge is -2.03. The Morgan fingerprint density at radius 3 is 1.67 bits per heavy atom. The third kappa shape index (κ3) is 14.4. The predicted molar refractivity (Wildman–Crippen MR) is 116 cm³/mol. The third-order valence-electron chi connectivity index (χ3n) is 5.23. The van der Waals surface area contributed by atoms with Gasteiger partial charge in [0.15, 0.2) is 12.4 Å². The van der Waals surface area contributed by atoms with Crippen molar-refractivity contribution in [2.45, 2.75) is 110 Å². The molecular formula is C25H42NO+. The number of nitrogens with zero attached hydrogens (tertiary/aromatic N) is 1. The minimum Gasteiger partial charge on any atom is -0.384 e. The molecule has 152 valence electrons. The van der Waals surface area contributed by atoms with Crippen molar-refractivity contribution in [2.24, 2.45) is 0 Å². The Balaban J connectivity index is 1.88. The van der Waals surface area contributed by atoms with Crippen LogP contribution in [0, 0.1) is 11.8 Å². The van der Waals surface area contributed by atoms with E-state index >= 15 is 0 Å². The summed E-state index contributed by atoms with van der Waals surface area (Å²) in [7, 11) is 0. The molecule has 0 radical (unpaired) electrons. The van der Waals surface area contributed by atoms with Gasteiger partial charge in [-0.05, 0) is 12.0 Å². The van der Waals surface area contributed by atoms with Crippen LogP contribution in [0.1, 0.15) is 102 Å². The predicted octanol–water partition coefficient (Wildman–Crippen LogP) is 5.99. The molecule has 0 fully saturated rings. The largest absolute Gasteiger partial charge is 0.384 e. The second-order valence-corrected chi connectivity index (χ2v) is 7.73. The van der Waals surface area contributed by atoms with Crippen molar-refractivity contribution in [3.05, 3.63) is 30.1 Å². The van der Waals surface area contributed by atoms with Gasteiger partial charge in [-0.25, -0.2) is 4.57 Å². The number of rotatable bonds is 16. The second kappa shape index (κ2) is 18.1. The Bertz CT molecular complexity index is 497. The average molecular weight is 373 g/mol. The van der Waals surface area contributed by atoms with E-state index in [0.717, 1.165) is 13.0 Å². The Morgan fingerprint density at radius 1 is 0.704 bits per heavy atom. The van der Waals surface area contributed by atoms with Gasteiger partial charge in [-0.1, -0.05) is 95.8 Å². The molecule has 1 aromatic heterocycles. The van der Waals surface area contributed by atoms with E-state index in [-0.39, 0.29) is 6.61 Å². The molecule has 2 nitrogen and oxygen atoms in total. The maximum Gasteiger partial charge on any atom is 0.169 e. The van der Waals surface area contributed by atoms with Crippen LogP contribution in [0.15, 0.2) is 24.5 Å². The minimum atomic E-state index is -0.0496. The molecule has 0 saturated carbocycles. The van der Waals surface area contributed by atoms with Crippen LogP contribution in [0.3, 0.4) is 0 Å². The molecule has 0 saturated heterocycles. The number of pyridine rings is 1. The number of hydrogen-bond donors (Lipinski definition) is 1. The first kappa shape index (κ1) is 23.7. The Kier molecular flexibility index (Phi) is 15.9. The van der Waals surface area contributed by atoms with Gasteiger partial charge in [-0.2, -0.15) is 0 Å². The summed E-state index contributed by atoms with van der Waals surface area (Å²) in [5, 5.41) is 8.67. The topological polar surface area (TPSA) is 24.1 Å². The summed E-state index contributed by atoms with van der Waals surface area (Å²) >= 11 is 0. The summed E-state index contributed by atoms with van der Waals surface area (Å²) in [5.74, 6) is 5.65. The maximum absolute atomic E-state index is 8.67. The lowest BCUT2D eigenvalue weighted by Crippen LogP contribution is -2.32. The van der Waals surface area contributed by atoms with Crippen molar-refractivity contribution >= 4 is 0 Å². The average Bonchev–Trinajstić information content (AvgIpc) is 2.69. The molecule has 0 aliphatic rings. The van der Waals surface area contributed by atoms with Crippen LogP contribution in [0.2, 0.25) is 0 Å². The lowest BCUT2D eigenvalue weighted by molar-refractivity contribution is -0.697. The Labute approximate surface area is 168 Å². The van der Waals surface area contributed by atoms with Crippen LogP contribution < -0.4 is 4.57 Å². The van der Waals surface area contributed by atoms with Crippen LogP contribution in [-0.4, -0.2) is 11.7 Å². The normalized spacial score (nSPS) is 10.6. The van der Waals surface area contributed by atoms with E-state index in [0.29, 0.717) is 0 Å². The van der Waals surface area contributed by atoms with Crippen LogP contribution in [0.4, 0.5) is 0 Å². The van der Waals surface area contributed by atoms with Crippen LogP contribution in [-0.2, 0) is 13.0 Å². The van der Waals surface area contributed by atoms with Gasteiger partial charge in [0.2, 0.25) is 0 Å². The number of aliphatic hydroxyl groups excluding tert-OH is 1. The molecule has 0 unspecified atom stereocenters. The molecule has 0 atom stereocenters. The fourth-order valence-corrected chi connectivity index (χ4v) is 3.46. The molecule has 27 heavy (non-hydrogen) atoms. The Morgan fingerprint density at radius 2 is 1.19 bits per heavy atom. The Hall–Kier alpha value is -1.33. The minimum absolute atomic E-state index is 0.0496. The van der Waals surface area contributed by atoms with Crippen molar-refractivity contribution in [1.29, 1.82) is 0 Å². The summed E-state index contributed by atoms with van der Waals surface area (Å²) in [6, 6.07) is 4.27. The molecule has 0 bridgehead atoms. The SMILES string of the molecule is CCCCCCCCCCCCCCCC[n+]1ccc(CC#CCO)cc1. The molecule has 0 aliphatic heterocycles. The van der Waals surface area contributed by atoms with Crippen LogP contribution in [0.25, 0.3) is 0 Å². The van der Waals surface area contributed by atoms with Crippen molar-refractivity contribution in [1.82, 2.24) is 0 Å². The van der Waals surface area contributed by atoms with E-state index in [1.165, 1.54) is 95.5 Å². The summed E-state index contributed by atoms with van der Waals surface area (Å²) in [5.41, 5.74) is 1.22. The van der Waals surface area contributed by atoms with Gasteiger partial charge < -0.3 is 5.11 Å². The monoisotopic (exact) mass is 372 g/mol.